The highest BCUT2D eigenvalue weighted by molar-refractivity contribution is 5.81. The highest BCUT2D eigenvalue weighted by atomic mass is 16.6. The third-order valence-electron chi connectivity index (χ3n) is 8.18. The van der Waals surface area contributed by atoms with E-state index in [0.29, 0.717) is 17.1 Å². The van der Waals surface area contributed by atoms with Gasteiger partial charge in [-0.25, -0.2) is 19.9 Å². The van der Waals surface area contributed by atoms with Crippen LogP contribution in [0.4, 0.5) is 5.82 Å². The lowest BCUT2D eigenvalue weighted by molar-refractivity contribution is -0.185. The molecule has 1 aliphatic heterocycles. The van der Waals surface area contributed by atoms with Crippen molar-refractivity contribution < 1.29 is 20.2 Å². The van der Waals surface area contributed by atoms with Gasteiger partial charge in [0.25, 0.3) is 0 Å². The van der Waals surface area contributed by atoms with Crippen LogP contribution in [0.15, 0.2) is 30.9 Å². The van der Waals surface area contributed by atoms with Crippen molar-refractivity contribution in [2.75, 3.05) is 12.3 Å². The summed E-state index contributed by atoms with van der Waals surface area (Å²) in [5, 5.41) is 33.3. The van der Waals surface area contributed by atoms with Gasteiger partial charge in [-0.2, -0.15) is 5.06 Å². The fourth-order valence-electron chi connectivity index (χ4n) is 5.67. The van der Waals surface area contributed by atoms with E-state index in [1.165, 1.54) is 27.8 Å². The van der Waals surface area contributed by atoms with Crippen molar-refractivity contribution in [1.82, 2.24) is 34.6 Å². The van der Waals surface area contributed by atoms with E-state index < -0.39 is 24.5 Å². The number of H-pyrrole nitrogens is 1. The van der Waals surface area contributed by atoms with Crippen LogP contribution in [0.5, 0.6) is 0 Å². The molecule has 2 fully saturated rings. The molecule has 0 radical (unpaired) electrons. The minimum atomic E-state index is -1.21. The molecule has 12 nitrogen and oxygen atoms in total. The number of hydrogen-bond acceptors (Lipinski definition) is 10. The number of anilines is 1. The number of imidazole rings is 2. The summed E-state index contributed by atoms with van der Waals surface area (Å²) in [5.41, 5.74) is 10.1. The fourth-order valence-corrected chi connectivity index (χ4v) is 5.67. The number of hydroxylamine groups is 2. The number of ether oxygens (including phenoxy) is 1. The molecule has 0 unspecified atom stereocenters. The summed E-state index contributed by atoms with van der Waals surface area (Å²) in [6.07, 6.45) is 2.23. The van der Waals surface area contributed by atoms with E-state index in [-0.39, 0.29) is 23.8 Å². The zero-order valence-corrected chi connectivity index (χ0v) is 22.4. The topological polar surface area (TPSA) is 171 Å². The molecule has 39 heavy (non-hydrogen) atoms. The highest BCUT2D eigenvalue weighted by Crippen LogP contribution is 2.37. The number of nitrogens with one attached hydrogen (secondary N) is 1. The number of aromatic nitrogens is 6. The summed E-state index contributed by atoms with van der Waals surface area (Å²) in [6.45, 7) is 6.69. The Hall–Kier alpha value is -3.16. The van der Waals surface area contributed by atoms with E-state index in [1.807, 2.05) is 0 Å². The predicted octanol–water partition coefficient (Wildman–Crippen LogP) is 2.30. The van der Waals surface area contributed by atoms with Crippen molar-refractivity contribution in [2.24, 2.45) is 5.92 Å². The lowest BCUT2D eigenvalue weighted by Gasteiger charge is -2.40. The molecule has 4 aromatic rings. The number of aromatic amines is 1. The van der Waals surface area contributed by atoms with Gasteiger partial charge in [0.15, 0.2) is 17.7 Å². The smallest absolute Gasteiger partial charge is 0.167 e. The molecule has 6 N–H and O–H groups in total. The molecule has 0 bridgehead atoms. The van der Waals surface area contributed by atoms with Gasteiger partial charge in [0.1, 0.15) is 36.0 Å². The van der Waals surface area contributed by atoms with E-state index in [0.717, 1.165) is 42.5 Å². The normalized spacial score (nSPS) is 27.6. The van der Waals surface area contributed by atoms with Crippen LogP contribution in [-0.2, 0) is 16.6 Å². The predicted molar refractivity (Wildman–Crippen MR) is 144 cm³/mol. The molecule has 3 aromatic heterocycles. The molecule has 4 atom stereocenters. The maximum absolute atomic E-state index is 10.7. The van der Waals surface area contributed by atoms with E-state index in [1.54, 1.807) is 0 Å². The Labute approximate surface area is 225 Å². The van der Waals surface area contributed by atoms with Crippen molar-refractivity contribution in [3.63, 3.8) is 0 Å². The molecule has 1 saturated heterocycles. The Bertz CT molecular complexity index is 1470. The van der Waals surface area contributed by atoms with Gasteiger partial charge in [0.05, 0.1) is 23.9 Å². The van der Waals surface area contributed by atoms with Gasteiger partial charge in [0.2, 0.25) is 0 Å². The van der Waals surface area contributed by atoms with Gasteiger partial charge in [-0.1, -0.05) is 26.8 Å². The Kier molecular flexibility index (Phi) is 6.55. The number of nitrogens with zero attached hydrogens (tertiary/aromatic N) is 6. The number of nitrogen functional groups attached to an aromatic ring is 1. The number of fused-ring (bicyclic) bond motifs is 2. The van der Waals surface area contributed by atoms with Gasteiger partial charge in [-0.05, 0) is 48.3 Å². The number of aliphatic hydroxyl groups is 2. The summed E-state index contributed by atoms with van der Waals surface area (Å²) in [6, 6.07) is 6.40. The molecule has 1 aliphatic carbocycles. The van der Waals surface area contributed by atoms with Crippen molar-refractivity contribution in [1.29, 1.82) is 0 Å². The Morgan fingerprint density at radius 3 is 2.72 bits per heavy atom. The molecule has 1 aromatic carbocycles. The summed E-state index contributed by atoms with van der Waals surface area (Å²) in [4.78, 5) is 20.5. The number of hydrogen-bond donors (Lipinski definition) is 5. The first-order valence-electron chi connectivity index (χ1n) is 13.5. The van der Waals surface area contributed by atoms with Gasteiger partial charge in [-0.15, -0.1) is 0 Å². The standard InChI is InChI=1S/C27H36N8O4/c1-27(2,3)15-5-6-17-18(10-15)33-20(32-17)7-4-14-8-16(9-14)35(38)11-19-22(36)23(37)26(39-19)34-13-31-21-24(28)29-12-30-25(21)34/h5-6,10,12-14,16,19,22-23,26,36-38H,4,7-9,11H2,1-3H3,(H,32,33)(H2,28,29,30)/t14?,16?,19-,22-,23-,26-/m1/s1. The molecule has 0 spiro atoms. The van der Waals surface area contributed by atoms with Gasteiger partial charge in [-0.3, -0.25) is 4.57 Å². The highest BCUT2D eigenvalue weighted by Gasteiger charge is 2.46. The SMILES string of the molecule is CC(C)(C)c1ccc2nc(CCC3CC(N(O)C[C@H]4O[C@@H](n5cnc6c(N)ncnc65)[C@H](O)[C@@H]4O)C3)[nH]c2c1. The van der Waals surface area contributed by atoms with Crippen LogP contribution in [0.3, 0.4) is 0 Å². The monoisotopic (exact) mass is 536 g/mol. The first-order chi connectivity index (χ1) is 18.6. The molecular weight excluding hydrogens is 500 g/mol. The van der Waals surface area contributed by atoms with Crippen LogP contribution >= 0.6 is 0 Å². The molecule has 208 valence electrons. The first-order valence-corrected chi connectivity index (χ1v) is 13.5. The van der Waals surface area contributed by atoms with Crippen molar-refractivity contribution in [2.45, 2.75) is 82.5 Å². The van der Waals surface area contributed by atoms with Gasteiger partial charge < -0.3 is 30.9 Å². The number of nitrogens with two attached hydrogens (primary N) is 1. The largest absolute Gasteiger partial charge is 0.387 e. The fraction of sp³-hybridized carbons (Fsp3) is 0.556. The average molecular weight is 537 g/mol. The van der Waals surface area contributed by atoms with Crippen LogP contribution in [0.25, 0.3) is 22.2 Å². The second-order valence-corrected chi connectivity index (χ2v) is 11.9. The summed E-state index contributed by atoms with van der Waals surface area (Å²) in [7, 11) is 0. The van der Waals surface area contributed by atoms with Crippen LogP contribution in [0, 0.1) is 5.92 Å². The molecular formula is C27H36N8O4. The molecule has 0 amide bonds. The zero-order chi connectivity index (χ0) is 27.5. The third kappa shape index (κ3) is 4.87. The molecule has 4 heterocycles. The third-order valence-corrected chi connectivity index (χ3v) is 8.18. The molecule has 12 heteroatoms. The van der Waals surface area contributed by atoms with Gasteiger partial charge >= 0.3 is 0 Å². The van der Waals surface area contributed by atoms with E-state index in [2.05, 4.69) is 58.9 Å². The lowest BCUT2D eigenvalue weighted by Crippen LogP contribution is -2.48. The number of aryl methyl sites for hydroxylation is 1. The van der Waals surface area contributed by atoms with Crippen LogP contribution < -0.4 is 5.73 Å². The second-order valence-electron chi connectivity index (χ2n) is 11.9. The first kappa shape index (κ1) is 26.1. The number of benzene rings is 1. The van der Waals surface area contributed by atoms with E-state index in [9.17, 15) is 15.4 Å². The van der Waals surface area contributed by atoms with E-state index >= 15 is 0 Å². The van der Waals surface area contributed by atoms with E-state index in [4.69, 9.17) is 15.5 Å². The zero-order valence-electron chi connectivity index (χ0n) is 22.4. The molecule has 1 saturated carbocycles. The van der Waals surface area contributed by atoms with Crippen molar-refractivity contribution in [3.05, 3.63) is 42.2 Å². The maximum Gasteiger partial charge on any atom is 0.167 e. The summed E-state index contributed by atoms with van der Waals surface area (Å²) >= 11 is 0. The van der Waals surface area contributed by atoms with Crippen LogP contribution in [0.2, 0.25) is 0 Å². The quantitative estimate of drug-likeness (QED) is 0.221. The number of aliphatic hydroxyl groups excluding tert-OH is 2. The average Bonchev–Trinajstić information content (AvgIpc) is 3.54. The van der Waals surface area contributed by atoms with Crippen LogP contribution in [0.1, 0.15) is 57.6 Å². The minimum absolute atomic E-state index is 0.0198. The Balaban J connectivity index is 1.01. The van der Waals surface area contributed by atoms with Gasteiger partial charge in [0, 0.05) is 12.5 Å². The second kappa shape index (κ2) is 9.79. The van der Waals surface area contributed by atoms with Crippen molar-refractivity contribution in [3.8, 4) is 0 Å². The lowest BCUT2D eigenvalue weighted by atomic mass is 9.77. The number of rotatable bonds is 7. The minimum Gasteiger partial charge on any atom is -0.387 e. The Morgan fingerprint density at radius 1 is 1.15 bits per heavy atom. The summed E-state index contributed by atoms with van der Waals surface area (Å²) < 4.78 is 7.50. The van der Waals surface area contributed by atoms with Crippen LogP contribution in [-0.4, -0.2) is 80.9 Å². The summed E-state index contributed by atoms with van der Waals surface area (Å²) in [5.74, 6) is 1.69. The molecule has 6 rings (SSSR count). The Morgan fingerprint density at radius 2 is 1.95 bits per heavy atom. The maximum atomic E-state index is 10.7. The molecule has 2 aliphatic rings. The van der Waals surface area contributed by atoms with Crippen molar-refractivity contribution >= 4 is 28.0 Å².